The van der Waals surface area contributed by atoms with Crippen LogP contribution in [0.3, 0.4) is 0 Å². The molecule has 4 nitrogen and oxygen atoms in total. The van der Waals surface area contributed by atoms with Crippen molar-refractivity contribution in [2.75, 3.05) is 13.2 Å². The van der Waals surface area contributed by atoms with Crippen LogP contribution in [0.2, 0.25) is 0 Å². The van der Waals surface area contributed by atoms with Gasteiger partial charge in [-0.2, -0.15) is 0 Å². The minimum absolute atomic E-state index is 0.531. The number of hydrogen-bond acceptors (Lipinski definition) is 4. The van der Waals surface area contributed by atoms with Crippen molar-refractivity contribution in [2.45, 2.75) is 33.2 Å². The highest BCUT2D eigenvalue weighted by molar-refractivity contribution is 5.14. The number of aryl methyl sites for hydroxylation is 1. The van der Waals surface area contributed by atoms with Gasteiger partial charge in [-0.05, 0) is 19.9 Å². The Morgan fingerprint density at radius 2 is 2.07 bits per heavy atom. The molecule has 0 aliphatic carbocycles. The smallest absolute Gasteiger partial charge is 0.235 e. The van der Waals surface area contributed by atoms with E-state index in [9.17, 15) is 0 Å². The van der Waals surface area contributed by atoms with Gasteiger partial charge < -0.3 is 10.1 Å². The van der Waals surface area contributed by atoms with Crippen LogP contribution in [0.25, 0.3) is 0 Å². The van der Waals surface area contributed by atoms with Crippen LogP contribution in [0.15, 0.2) is 12.4 Å². The van der Waals surface area contributed by atoms with E-state index >= 15 is 0 Å². The van der Waals surface area contributed by atoms with Gasteiger partial charge in [0.05, 0.1) is 12.3 Å². The largest absolute Gasteiger partial charge is 0.476 e. The molecule has 0 radical (unpaired) electrons. The molecule has 0 aliphatic heterocycles. The van der Waals surface area contributed by atoms with Crippen molar-refractivity contribution < 1.29 is 4.74 Å². The van der Waals surface area contributed by atoms with Crippen molar-refractivity contribution in [1.82, 2.24) is 15.3 Å². The monoisotopic (exact) mass is 209 g/mol. The Morgan fingerprint density at radius 1 is 1.33 bits per heavy atom. The summed E-state index contributed by atoms with van der Waals surface area (Å²) in [7, 11) is 0. The Hall–Kier alpha value is -1.16. The van der Waals surface area contributed by atoms with E-state index in [0.717, 1.165) is 18.7 Å². The molecule has 0 saturated heterocycles. The minimum atomic E-state index is 0.531. The molecule has 1 aromatic heterocycles. The highest BCUT2D eigenvalue weighted by Crippen LogP contribution is 2.08. The molecule has 1 rings (SSSR count). The SMILES string of the molecule is Cc1nccnc1OCCCNC(C)C. The number of nitrogens with one attached hydrogen (secondary N) is 1. The van der Waals surface area contributed by atoms with Crippen molar-refractivity contribution in [2.24, 2.45) is 0 Å². The Kier molecular flexibility index (Phi) is 5.04. The molecule has 4 heteroatoms. The normalized spacial score (nSPS) is 10.7. The third-order valence-electron chi connectivity index (χ3n) is 1.95. The van der Waals surface area contributed by atoms with Crippen LogP contribution >= 0.6 is 0 Å². The first-order chi connectivity index (χ1) is 7.20. The molecule has 1 heterocycles. The van der Waals surface area contributed by atoms with Crippen LogP contribution in [-0.4, -0.2) is 29.2 Å². The number of ether oxygens (including phenoxy) is 1. The van der Waals surface area contributed by atoms with Crippen LogP contribution in [0.4, 0.5) is 0 Å². The van der Waals surface area contributed by atoms with Gasteiger partial charge in [-0.15, -0.1) is 0 Å². The lowest BCUT2D eigenvalue weighted by atomic mass is 10.3. The van der Waals surface area contributed by atoms with Crippen molar-refractivity contribution in [3.8, 4) is 5.88 Å². The summed E-state index contributed by atoms with van der Waals surface area (Å²) in [6, 6.07) is 0.531. The molecule has 0 aromatic carbocycles. The molecule has 0 fully saturated rings. The highest BCUT2D eigenvalue weighted by Gasteiger charge is 2.00. The molecule has 1 aromatic rings. The van der Waals surface area contributed by atoms with Crippen LogP contribution < -0.4 is 10.1 Å². The molecule has 84 valence electrons. The Bertz CT molecular complexity index is 289. The summed E-state index contributed by atoms with van der Waals surface area (Å²) in [5.41, 5.74) is 0.842. The fraction of sp³-hybridized carbons (Fsp3) is 0.636. The second kappa shape index (κ2) is 6.35. The lowest BCUT2D eigenvalue weighted by molar-refractivity contribution is 0.291. The van der Waals surface area contributed by atoms with Gasteiger partial charge in [-0.25, -0.2) is 4.98 Å². The van der Waals surface area contributed by atoms with E-state index in [1.807, 2.05) is 6.92 Å². The zero-order valence-corrected chi connectivity index (χ0v) is 9.66. The summed E-state index contributed by atoms with van der Waals surface area (Å²) in [5.74, 6) is 0.641. The lowest BCUT2D eigenvalue weighted by Crippen LogP contribution is -2.24. The molecular formula is C11H19N3O. The summed E-state index contributed by atoms with van der Waals surface area (Å²) in [6.45, 7) is 7.81. The zero-order chi connectivity index (χ0) is 11.1. The maximum atomic E-state index is 5.50. The molecule has 0 atom stereocenters. The number of aromatic nitrogens is 2. The molecule has 15 heavy (non-hydrogen) atoms. The molecular weight excluding hydrogens is 190 g/mol. The van der Waals surface area contributed by atoms with Crippen molar-refractivity contribution in [3.63, 3.8) is 0 Å². The molecule has 0 unspecified atom stereocenters. The average Bonchev–Trinajstić information content (AvgIpc) is 2.20. The first kappa shape index (κ1) is 11.9. The molecule has 0 spiro atoms. The van der Waals surface area contributed by atoms with Gasteiger partial charge in [0, 0.05) is 18.4 Å². The number of hydrogen-bond donors (Lipinski definition) is 1. The van der Waals surface area contributed by atoms with E-state index < -0.39 is 0 Å². The van der Waals surface area contributed by atoms with E-state index in [1.54, 1.807) is 12.4 Å². The minimum Gasteiger partial charge on any atom is -0.476 e. The summed E-state index contributed by atoms with van der Waals surface area (Å²) in [4.78, 5) is 8.21. The van der Waals surface area contributed by atoms with Crippen LogP contribution in [-0.2, 0) is 0 Å². The summed E-state index contributed by atoms with van der Waals surface area (Å²) in [5, 5.41) is 3.33. The maximum absolute atomic E-state index is 5.50. The van der Waals surface area contributed by atoms with E-state index in [-0.39, 0.29) is 0 Å². The first-order valence-electron chi connectivity index (χ1n) is 5.34. The Labute approximate surface area is 91.1 Å². The Morgan fingerprint density at radius 3 is 2.73 bits per heavy atom. The van der Waals surface area contributed by atoms with Crippen LogP contribution in [0, 0.1) is 6.92 Å². The summed E-state index contributed by atoms with van der Waals surface area (Å²) >= 11 is 0. The Balaban J connectivity index is 2.18. The average molecular weight is 209 g/mol. The van der Waals surface area contributed by atoms with E-state index in [0.29, 0.717) is 18.5 Å². The predicted molar refractivity (Wildman–Crippen MR) is 60.0 cm³/mol. The number of nitrogens with zero attached hydrogens (tertiary/aromatic N) is 2. The van der Waals surface area contributed by atoms with E-state index in [1.165, 1.54) is 0 Å². The van der Waals surface area contributed by atoms with Gasteiger partial charge >= 0.3 is 0 Å². The summed E-state index contributed by atoms with van der Waals surface area (Å²) in [6.07, 6.45) is 4.30. The third kappa shape index (κ3) is 4.74. The zero-order valence-electron chi connectivity index (χ0n) is 9.66. The van der Waals surface area contributed by atoms with Crippen LogP contribution in [0.5, 0.6) is 5.88 Å². The topological polar surface area (TPSA) is 47.0 Å². The summed E-state index contributed by atoms with van der Waals surface area (Å²) < 4.78 is 5.50. The highest BCUT2D eigenvalue weighted by atomic mass is 16.5. The van der Waals surface area contributed by atoms with Gasteiger partial charge in [-0.3, -0.25) is 4.98 Å². The second-order valence-electron chi connectivity index (χ2n) is 3.76. The predicted octanol–water partition coefficient (Wildman–Crippen LogP) is 1.55. The van der Waals surface area contributed by atoms with E-state index in [4.69, 9.17) is 4.74 Å². The first-order valence-corrected chi connectivity index (χ1v) is 5.34. The lowest BCUT2D eigenvalue weighted by Gasteiger charge is -2.09. The van der Waals surface area contributed by atoms with Gasteiger partial charge in [0.1, 0.15) is 0 Å². The quantitative estimate of drug-likeness (QED) is 0.722. The molecule has 0 saturated carbocycles. The van der Waals surface area contributed by atoms with Crippen molar-refractivity contribution >= 4 is 0 Å². The molecule has 0 aliphatic rings. The van der Waals surface area contributed by atoms with Gasteiger partial charge in [-0.1, -0.05) is 13.8 Å². The van der Waals surface area contributed by atoms with Gasteiger partial charge in [0.25, 0.3) is 0 Å². The van der Waals surface area contributed by atoms with Gasteiger partial charge in [0.2, 0.25) is 5.88 Å². The molecule has 0 amide bonds. The molecule has 1 N–H and O–H groups in total. The maximum Gasteiger partial charge on any atom is 0.235 e. The van der Waals surface area contributed by atoms with Gasteiger partial charge in [0.15, 0.2) is 0 Å². The van der Waals surface area contributed by atoms with Crippen molar-refractivity contribution in [3.05, 3.63) is 18.1 Å². The molecule has 0 bridgehead atoms. The number of rotatable bonds is 6. The fourth-order valence-electron chi connectivity index (χ4n) is 1.17. The second-order valence-corrected chi connectivity index (χ2v) is 3.76. The fourth-order valence-corrected chi connectivity index (χ4v) is 1.17. The van der Waals surface area contributed by atoms with Crippen LogP contribution in [0.1, 0.15) is 26.0 Å². The van der Waals surface area contributed by atoms with Crippen molar-refractivity contribution in [1.29, 1.82) is 0 Å². The standard InChI is InChI=1S/C11H19N3O/c1-9(2)12-5-4-8-15-11-10(3)13-6-7-14-11/h6-7,9,12H,4-5,8H2,1-3H3. The third-order valence-corrected chi connectivity index (χ3v) is 1.95. The van der Waals surface area contributed by atoms with E-state index in [2.05, 4.69) is 29.1 Å².